The fourth-order valence-corrected chi connectivity index (χ4v) is 2.84. The van der Waals surface area contributed by atoms with E-state index in [-0.39, 0.29) is 18.1 Å². The molecule has 1 heterocycles. The molecule has 0 saturated carbocycles. The molecule has 0 aliphatic carbocycles. The lowest BCUT2D eigenvalue weighted by molar-refractivity contribution is 0.0516. The van der Waals surface area contributed by atoms with E-state index in [4.69, 9.17) is 4.74 Å². The summed E-state index contributed by atoms with van der Waals surface area (Å²) in [6.07, 6.45) is 0.338. The summed E-state index contributed by atoms with van der Waals surface area (Å²) < 4.78 is 18.9. The Bertz CT molecular complexity index is 598. The van der Waals surface area contributed by atoms with Crippen molar-refractivity contribution in [2.75, 3.05) is 6.61 Å². The first kappa shape index (κ1) is 14.0. The molecule has 0 aliphatic heterocycles. The number of thiazole rings is 1. The lowest BCUT2D eigenvalue weighted by Crippen LogP contribution is -2.06. The Morgan fingerprint density at radius 1 is 1.47 bits per heavy atom. The third kappa shape index (κ3) is 3.33. The fourth-order valence-electron chi connectivity index (χ4n) is 1.57. The molecule has 6 heteroatoms. The first-order valence-electron chi connectivity index (χ1n) is 5.71. The van der Waals surface area contributed by atoms with Crippen molar-refractivity contribution in [1.82, 2.24) is 4.98 Å². The number of thiol groups is 1. The van der Waals surface area contributed by atoms with Gasteiger partial charge in [-0.3, -0.25) is 0 Å². The van der Waals surface area contributed by atoms with Crippen LogP contribution >= 0.6 is 24.0 Å². The molecule has 3 nitrogen and oxygen atoms in total. The van der Waals surface area contributed by atoms with Crippen molar-refractivity contribution in [3.8, 4) is 0 Å². The van der Waals surface area contributed by atoms with E-state index in [2.05, 4.69) is 17.6 Å². The Kier molecular flexibility index (Phi) is 4.55. The number of halogens is 1. The minimum absolute atomic E-state index is 0.196. The summed E-state index contributed by atoms with van der Waals surface area (Å²) in [5.41, 5.74) is 0.738. The van der Waals surface area contributed by atoms with Gasteiger partial charge in [0.1, 0.15) is 5.82 Å². The number of ether oxygens (including phenoxy) is 1. The predicted molar refractivity (Wildman–Crippen MR) is 74.5 cm³/mol. The van der Waals surface area contributed by atoms with E-state index < -0.39 is 5.97 Å². The second-order valence-corrected chi connectivity index (χ2v) is 5.58. The lowest BCUT2D eigenvalue weighted by atomic mass is 10.1. The van der Waals surface area contributed by atoms with Gasteiger partial charge in [-0.25, -0.2) is 14.2 Å². The summed E-state index contributed by atoms with van der Waals surface area (Å²) in [4.78, 5) is 15.8. The van der Waals surface area contributed by atoms with Crippen LogP contribution in [0.2, 0.25) is 0 Å². The number of aromatic nitrogens is 1. The third-order valence-electron chi connectivity index (χ3n) is 2.42. The second kappa shape index (κ2) is 6.16. The number of carbonyl (C=O) groups excluding carboxylic acids is 1. The minimum Gasteiger partial charge on any atom is -0.461 e. The number of hydrogen-bond donors (Lipinski definition) is 1. The average molecular weight is 297 g/mol. The van der Waals surface area contributed by atoms with Gasteiger partial charge in [-0.2, -0.15) is 0 Å². The quantitative estimate of drug-likeness (QED) is 0.695. The normalized spacial score (nSPS) is 10.5. The van der Waals surface area contributed by atoms with Crippen molar-refractivity contribution in [3.63, 3.8) is 0 Å². The van der Waals surface area contributed by atoms with E-state index in [1.54, 1.807) is 25.1 Å². The summed E-state index contributed by atoms with van der Waals surface area (Å²) in [5.74, 6) is -0.778. The molecule has 0 N–H and O–H groups in total. The molecule has 0 fully saturated rings. The third-order valence-corrected chi connectivity index (χ3v) is 3.77. The summed E-state index contributed by atoms with van der Waals surface area (Å²) >= 11 is 5.46. The molecule has 1 aromatic carbocycles. The van der Waals surface area contributed by atoms with E-state index in [1.165, 1.54) is 17.4 Å². The Balaban J connectivity index is 2.21. The molecule has 0 radical (unpaired) electrons. The van der Waals surface area contributed by atoms with Gasteiger partial charge >= 0.3 is 5.97 Å². The van der Waals surface area contributed by atoms with Gasteiger partial charge in [0.05, 0.1) is 15.8 Å². The van der Waals surface area contributed by atoms with Gasteiger partial charge in [0, 0.05) is 6.42 Å². The Morgan fingerprint density at radius 2 is 2.21 bits per heavy atom. The van der Waals surface area contributed by atoms with Gasteiger partial charge in [-0.1, -0.05) is 18.2 Å². The van der Waals surface area contributed by atoms with Crippen molar-refractivity contribution < 1.29 is 13.9 Å². The first-order valence-corrected chi connectivity index (χ1v) is 6.97. The van der Waals surface area contributed by atoms with Crippen molar-refractivity contribution in [2.45, 2.75) is 17.6 Å². The highest BCUT2D eigenvalue weighted by Gasteiger charge is 2.17. The molecule has 0 unspecified atom stereocenters. The van der Waals surface area contributed by atoms with Gasteiger partial charge in [0.25, 0.3) is 0 Å². The summed E-state index contributed by atoms with van der Waals surface area (Å²) in [7, 11) is 0. The van der Waals surface area contributed by atoms with Crippen molar-refractivity contribution in [2.24, 2.45) is 0 Å². The summed E-state index contributed by atoms with van der Waals surface area (Å²) in [6, 6.07) is 6.49. The number of benzene rings is 1. The molecule has 0 aliphatic rings. The van der Waals surface area contributed by atoms with Crippen molar-refractivity contribution in [1.29, 1.82) is 0 Å². The number of rotatable bonds is 4. The maximum absolute atomic E-state index is 13.5. The molecule has 19 heavy (non-hydrogen) atoms. The first-order chi connectivity index (χ1) is 9.11. The SMILES string of the molecule is CCOC(=O)c1nc(Cc2ccccc2F)sc1S. The van der Waals surface area contributed by atoms with E-state index >= 15 is 0 Å². The molecule has 1 aromatic heterocycles. The molecular formula is C13H12FNO2S2. The van der Waals surface area contributed by atoms with Crippen molar-refractivity contribution in [3.05, 3.63) is 46.3 Å². The molecular weight excluding hydrogens is 285 g/mol. The standard InChI is InChI=1S/C13H12FNO2S2/c1-2-17-12(16)11-13(18)19-10(15-11)7-8-5-3-4-6-9(8)14/h3-6,18H,2,7H2,1H3. The highest BCUT2D eigenvalue weighted by Crippen LogP contribution is 2.25. The largest absolute Gasteiger partial charge is 0.461 e. The van der Waals surface area contributed by atoms with Crippen LogP contribution in [0.25, 0.3) is 0 Å². The number of nitrogens with zero attached hydrogens (tertiary/aromatic N) is 1. The van der Waals surface area contributed by atoms with E-state index in [0.717, 1.165) is 0 Å². The number of carbonyl (C=O) groups is 1. The molecule has 100 valence electrons. The highest BCUT2D eigenvalue weighted by molar-refractivity contribution is 7.83. The number of hydrogen-bond acceptors (Lipinski definition) is 5. The minimum atomic E-state index is -0.497. The Labute approximate surface area is 119 Å². The van der Waals surface area contributed by atoms with Gasteiger partial charge in [0.2, 0.25) is 0 Å². The van der Waals surface area contributed by atoms with Crippen LogP contribution in [-0.2, 0) is 11.2 Å². The van der Waals surface area contributed by atoms with Crippen LogP contribution in [0, 0.1) is 5.82 Å². The van der Waals surface area contributed by atoms with Crippen LogP contribution in [0.15, 0.2) is 28.5 Å². The molecule has 0 amide bonds. The molecule has 0 spiro atoms. The molecule has 0 saturated heterocycles. The maximum atomic E-state index is 13.5. The van der Waals surface area contributed by atoms with E-state index in [1.807, 2.05) is 0 Å². The van der Waals surface area contributed by atoms with Gasteiger partial charge in [0.15, 0.2) is 5.69 Å². The fraction of sp³-hybridized carbons (Fsp3) is 0.231. The Morgan fingerprint density at radius 3 is 2.89 bits per heavy atom. The predicted octanol–water partition coefficient (Wildman–Crippen LogP) is 3.34. The zero-order chi connectivity index (χ0) is 13.8. The van der Waals surface area contributed by atoms with Crippen LogP contribution in [0.5, 0.6) is 0 Å². The topological polar surface area (TPSA) is 39.2 Å². The Hall–Kier alpha value is -1.40. The number of esters is 1. The van der Waals surface area contributed by atoms with Gasteiger partial charge in [-0.15, -0.1) is 24.0 Å². The van der Waals surface area contributed by atoms with Crippen LogP contribution in [-0.4, -0.2) is 17.6 Å². The molecule has 2 aromatic rings. The molecule has 0 bridgehead atoms. The van der Waals surface area contributed by atoms with Crippen LogP contribution in [0.4, 0.5) is 4.39 Å². The van der Waals surface area contributed by atoms with Crippen molar-refractivity contribution >= 4 is 29.9 Å². The van der Waals surface area contributed by atoms with Gasteiger partial charge in [-0.05, 0) is 18.6 Å². The zero-order valence-electron chi connectivity index (χ0n) is 10.2. The van der Waals surface area contributed by atoms with E-state index in [0.29, 0.717) is 21.2 Å². The zero-order valence-corrected chi connectivity index (χ0v) is 11.9. The summed E-state index contributed by atoms with van der Waals surface area (Å²) in [5, 5.41) is 0.637. The van der Waals surface area contributed by atoms with Crippen LogP contribution in [0.3, 0.4) is 0 Å². The summed E-state index contributed by atoms with van der Waals surface area (Å²) in [6.45, 7) is 2.01. The monoisotopic (exact) mass is 297 g/mol. The molecule has 0 atom stereocenters. The van der Waals surface area contributed by atoms with Crippen LogP contribution < -0.4 is 0 Å². The second-order valence-electron chi connectivity index (χ2n) is 3.75. The highest BCUT2D eigenvalue weighted by atomic mass is 32.2. The average Bonchev–Trinajstić information content (AvgIpc) is 2.74. The molecule has 2 rings (SSSR count). The maximum Gasteiger partial charge on any atom is 0.358 e. The van der Waals surface area contributed by atoms with E-state index in [9.17, 15) is 9.18 Å². The smallest absolute Gasteiger partial charge is 0.358 e. The van der Waals surface area contributed by atoms with Gasteiger partial charge < -0.3 is 4.74 Å². The lowest BCUT2D eigenvalue weighted by Gasteiger charge is -1.99. The van der Waals surface area contributed by atoms with Crippen LogP contribution in [0.1, 0.15) is 28.0 Å².